The van der Waals surface area contributed by atoms with E-state index in [1.807, 2.05) is 24.7 Å². The third-order valence-electron chi connectivity index (χ3n) is 4.76. The number of ether oxygens (including phenoxy) is 1. The van der Waals surface area contributed by atoms with E-state index in [0.717, 1.165) is 36.1 Å². The molecule has 0 aliphatic heterocycles. The summed E-state index contributed by atoms with van der Waals surface area (Å²) in [5, 5.41) is 4.30. The number of aryl methyl sites for hydroxylation is 2. The highest BCUT2D eigenvalue weighted by atomic mass is 32.2. The van der Waals surface area contributed by atoms with E-state index in [2.05, 4.69) is 5.10 Å². The summed E-state index contributed by atoms with van der Waals surface area (Å²) in [5.74, 6) is 0.370. The van der Waals surface area contributed by atoms with Crippen LogP contribution in [0.5, 0.6) is 5.75 Å². The molecule has 3 rings (SSSR count). The first kappa shape index (κ1) is 17.0. The zero-order valence-electron chi connectivity index (χ0n) is 14.5. The van der Waals surface area contributed by atoms with Gasteiger partial charge in [0.05, 0.1) is 19.3 Å². The summed E-state index contributed by atoms with van der Waals surface area (Å²) in [4.78, 5) is 0.212. The molecular weight excluding hydrogens is 326 g/mol. The van der Waals surface area contributed by atoms with Crippen molar-refractivity contribution >= 4 is 10.0 Å². The van der Waals surface area contributed by atoms with Gasteiger partial charge >= 0.3 is 0 Å². The molecule has 1 aromatic heterocycles. The number of hydrogen-bond acceptors (Lipinski definition) is 4. The Hall–Kier alpha value is -1.86. The lowest BCUT2D eigenvalue weighted by molar-refractivity contribution is 0.332. The van der Waals surface area contributed by atoms with Gasteiger partial charge in [-0.05, 0) is 43.9 Å². The van der Waals surface area contributed by atoms with Crippen LogP contribution in [0, 0.1) is 6.92 Å². The molecule has 6 nitrogen and oxygen atoms in total. The van der Waals surface area contributed by atoms with E-state index < -0.39 is 10.0 Å². The van der Waals surface area contributed by atoms with Gasteiger partial charge in [0.1, 0.15) is 10.6 Å². The largest absolute Gasteiger partial charge is 0.495 e. The molecule has 0 bridgehead atoms. The summed E-state index contributed by atoms with van der Waals surface area (Å²) in [5.41, 5.74) is 3.00. The van der Waals surface area contributed by atoms with Gasteiger partial charge in [-0.25, -0.2) is 8.42 Å². The maximum absolute atomic E-state index is 13.2. The molecule has 0 amide bonds. The van der Waals surface area contributed by atoms with E-state index in [1.165, 1.54) is 11.4 Å². The van der Waals surface area contributed by atoms with Crippen LogP contribution in [0.15, 0.2) is 29.3 Å². The normalized spacial score (nSPS) is 17.8. The van der Waals surface area contributed by atoms with Crippen LogP contribution in [-0.2, 0) is 23.5 Å². The van der Waals surface area contributed by atoms with Crippen molar-refractivity contribution in [2.75, 3.05) is 14.2 Å². The fourth-order valence-electron chi connectivity index (χ4n) is 3.37. The molecule has 0 radical (unpaired) electrons. The highest BCUT2D eigenvalue weighted by Gasteiger charge is 2.35. The van der Waals surface area contributed by atoms with Gasteiger partial charge in [0, 0.05) is 25.4 Å². The van der Waals surface area contributed by atoms with Gasteiger partial charge in [0.15, 0.2) is 0 Å². The van der Waals surface area contributed by atoms with E-state index in [1.54, 1.807) is 25.4 Å². The van der Waals surface area contributed by atoms with Crippen LogP contribution in [0.2, 0.25) is 0 Å². The standard InChI is InChI=1S/C17H23N3O3S/c1-12-8-9-16(23-4)17(10-12)24(21,22)20(3)15-7-5-6-14-13(15)11-18-19(14)2/h8-11,15H,5-7H2,1-4H3/t15-/m0/s1. The van der Waals surface area contributed by atoms with E-state index in [9.17, 15) is 8.42 Å². The SMILES string of the molecule is COc1ccc(C)cc1S(=O)(=O)N(C)[C@H]1CCCc2c1cnn2C. The number of methoxy groups -OCH3 is 1. The van der Waals surface area contributed by atoms with E-state index in [4.69, 9.17) is 4.74 Å². The molecule has 0 unspecified atom stereocenters. The monoisotopic (exact) mass is 349 g/mol. The second kappa shape index (κ2) is 6.22. The highest BCUT2D eigenvalue weighted by Crippen LogP contribution is 2.37. The first-order chi connectivity index (χ1) is 11.4. The van der Waals surface area contributed by atoms with Crippen LogP contribution in [-0.4, -0.2) is 36.7 Å². The summed E-state index contributed by atoms with van der Waals surface area (Å²) in [6, 6.07) is 5.01. The Morgan fingerprint density at radius 1 is 1.38 bits per heavy atom. The summed E-state index contributed by atoms with van der Waals surface area (Å²) < 4.78 is 35.0. The van der Waals surface area contributed by atoms with E-state index in [0.29, 0.717) is 5.75 Å². The van der Waals surface area contributed by atoms with E-state index >= 15 is 0 Å². The third kappa shape index (κ3) is 2.71. The van der Waals surface area contributed by atoms with Crippen molar-refractivity contribution in [3.8, 4) is 5.75 Å². The van der Waals surface area contributed by atoms with Crippen molar-refractivity contribution in [3.63, 3.8) is 0 Å². The number of hydrogen-bond donors (Lipinski definition) is 0. The fraction of sp³-hybridized carbons (Fsp3) is 0.471. The van der Waals surface area contributed by atoms with Gasteiger partial charge < -0.3 is 4.74 Å². The summed E-state index contributed by atoms with van der Waals surface area (Å²) in [6.45, 7) is 1.87. The topological polar surface area (TPSA) is 64.4 Å². The molecule has 130 valence electrons. The minimum Gasteiger partial charge on any atom is -0.495 e. The van der Waals surface area contributed by atoms with Crippen molar-refractivity contribution in [1.29, 1.82) is 0 Å². The molecule has 24 heavy (non-hydrogen) atoms. The van der Waals surface area contributed by atoms with Crippen LogP contribution in [0.1, 0.15) is 35.7 Å². The first-order valence-electron chi connectivity index (χ1n) is 7.99. The average molecular weight is 349 g/mol. The molecule has 1 aliphatic rings. The van der Waals surface area contributed by atoms with Crippen LogP contribution < -0.4 is 4.74 Å². The molecule has 0 spiro atoms. The van der Waals surface area contributed by atoms with Crippen molar-refractivity contribution in [1.82, 2.24) is 14.1 Å². The molecule has 0 fully saturated rings. The van der Waals surface area contributed by atoms with Gasteiger partial charge in [0.2, 0.25) is 10.0 Å². The molecule has 0 N–H and O–H groups in total. The van der Waals surface area contributed by atoms with Crippen LogP contribution in [0.4, 0.5) is 0 Å². The molecule has 1 aromatic carbocycles. The molecule has 1 aliphatic carbocycles. The number of fused-ring (bicyclic) bond motifs is 1. The quantitative estimate of drug-likeness (QED) is 0.850. The van der Waals surface area contributed by atoms with Crippen LogP contribution >= 0.6 is 0 Å². The number of sulfonamides is 1. The number of aromatic nitrogens is 2. The molecule has 7 heteroatoms. The first-order valence-corrected chi connectivity index (χ1v) is 9.43. The van der Waals surface area contributed by atoms with Crippen LogP contribution in [0.25, 0.3) is 0 Å². The second-order valence-corrected chi connectivity index (χ2v) is 8.22. The Morgan fingerprint density at radius 3 is 2.83 bits per heavy atom. The van der Waals surface area contributed by atoms with E-state index in [-0.39, 0.29) is 10.9 Å². The second-order valence-electron chi connectivity index (χ2n) is 6.25. The summed E-state index contributed by atoms with van der Waals surface area (Å²) >= 11 is 0. The maximum atomic E-state index is 13.2. The smallest absolute Gasteiger partial charge is 0.247 e. The molecule has 1 atom stereocenters. The van der Waals surface area contributed by atoms with Crippen molar-refractivity contribution in [2.24, 2.45) is 7.05 Å². The maximum Gasteiger partial charge on any atom is 0.247 e. The predicted octanol–water partition coefficient (Wildman–Crippen LogP) is 2.44. The van der Waals surface area contributed by atoms with Gasteiger partial charge in [0.25, 0.3) is 0 Å². The lowest BCUT2D eigenvalue weighted by atomic mass is 9.93. The third-order valence-corrected chi connectivity index (χ3v) is 6.65. The lowest BCUT2D eigenvalue weighted by Gasteiger charge is -2.31. The molecule has 0 saturated carbocycles. The van der Waals surface area contributed by atoms with Crippen molar-refractivity contribution < 1.29 is 13.2 Å². The van der Waals surface area contributed by atoms with Crippen LogP contribution in [0.3, 0.4) is 0 Å². The number of rotatable bonds is 4. The zero-order valence-corrected chi connectivity index (χ0v) is 15.3. The summed E-state index contributed by atoms with van der Waals surface area (Å²) in [7, 11) is 1.37. The van der Waals surface area contributed by atoms with Gasteiger partial charge in [-0.1, -0.05) is 6.07 Å². The Labute approximate surface area is 143 Å². The predicted molar refractivity (Wildman–Crippen MR) is 91.6 cm³/mol. The number of nitrogens with zero attached hydrogens (tertiary/aromatic N) is 3. The molecule has 1 heterocycles. The number of benzene rings is 1. The Balaban J connectivity index is 2.04. The molecule has 2 aromatic rings. The van der Waals surface area contributed by atoms with Gasteiger partial charge in [-0.2, -0.15) is 9.40 Å². The summed E-state index contributed by atoms with van der Waals surface area (Å²) in [6.07, 6.45) is 4.47. The Kier molecular flexibility index (Phi) is 4.40. The van der Waals surface area contributed by atoms with Gasteiger partial charge in [-0.15, -0.1) is 0 Å². The van der Waals surface area contributed by atoms with Crippen molar-refractivity contribution in [2.45, 2.75) is 37.1 Å². The van der Waals surface area contributed by atoms with Crippen molar-refractivity contribution in [3.05, 3.63) is 41.2 Å². The fourth-order valence-corrected chi connectivity index (χ4v) is 4.97. The van der Waals surface area contributed by atoms with Gasteiger partial charge in [-0.3, -0.25) is 4.68 Å². The molecule has 0 saturated heterocycles. The average Bonchev–Trinajstić information content (AvgIpc) is 2.95. The lowest BCUT2D eigenvalue weighted by Crippen LogP contribution is -2.33. The Bertz CT molecular complexity index is 858. The minimum absolute atomic E-state index is 0.197. The highest BCUT2D eigenvalue weighted by molar-refractivity contribution is 7.89. The minimum atomic E-state index is -3.67. The Morgan fingerprint density at radius 2 is 2.12 bits per heavy atom. The zero-order chi connectivity index (χ0) is 17.5. The molecular formula is C17H23N3O3S.